The van der Waals surface area contributed by atoms with Gasteiger partial charge in [0.05, 0.1) is 7.11 Å². The standard InChI is InChI=1S/C16H18N2O3/c1-11(2)17-15-9-5-8-14(18-15)16(19)21-13-7-4-6-12(10-13)20-3/h4-11H,1-3H3,(H,17,18). The number of carbonyl (C=O) groups is 1. The number of hydrogen-bond donors (Lipinski definition) is 1. The van der Waals surface area contributed by atoms with Crippen LogP contribution in [0.15, 0.2) is 42.5 Å². The molecule has 1 aromatic heterocycles. The zero-order valence-electron chi connectivity index (χ0n) is 12.3. The monoisotopic (exact) mass is 286 g/mol. The maximum Gasteiger partial charge on any atom is 0.362 e. The minimum absolute atomic E-state index is 0.238. The fourth-order valence-corrected chi connectivity index (χ4v) is 1.75. The third kappa shape index (κ3) is 4.21. The molecule has 5 nitrogen and oxygen atoms in total. The Morgan fingerprint density at radius 3 is 2.57 bits per heavy atom. The summed E-state index contributed by atoms with van der Waals surface area (Å²) in [6.07, 6.45) is 0. The molecule has 0 aliphatic heterocycles. The van der Waals surface area contributed by atoms with Crippen molar-refractivity contribution in [3.8, 4) is 11.5 Å². The number of aromatic nitrogens is 1. The molecule has 0 fully saturated rings. The summed E-state index contributed by atoms with van der Waals surface area (Å²) >= 11 is 0. The highest BCUT2D eigenvalue weighted by atomic mass is 16.5. The minimum atomic E-state index is -0.504. The van der Waals surface area contributed by atoms with Crippen molar-refractivity contribution in [3.63, 3.8) is 0 Å². The van der Waals surface area contributed by atoms with Crippen LogP contribution in [-0.2, 0) is 0 Å². The van der Waals surface area contributed by atoms with Gasteiger partial charge in [-0.25, -0.2) is 9.78 Å². The summed E-state index contributed by atoms with van der Waals surface area (Å²) in [5.41, 5.74) is 0.253. The van der Waals surface area contributed by atoms with E-state index in [4.69, 9.17) is 9.47 Å². The number of ether oxygens (including phenoxy) is 2. The quantitative estimate of drug-likeness (QED) is 0.676. The molecule has 1 N–H and O–H groups in total. The number of esters is 1. The van der Waals surface area contributed by atoms with Crippen molar-refractivity contribution in [2.45, 2.75) is 19.9 Å². The molecule has 0 amide bonds. The van der Waals surface area contributed by atoms with Gasteiger partial charge in [0.2, 0.25) is 0 Å². The Hall–Kier alpha value is -2.56. The molecular formula is C16H18N2O3. The van der Waals surface area contributed by atoms with Crippen molar-refractivity contribution in [1.29, 1.82) is 0 Å². The van der Waals surface area contributed by atoms with Gasteiger partial charge in [-0.15, -0.1) is 0 Å². The van der Waals surface area contributed by atoms with Crippen LogP contribution in [0, 0.1) is 0 Å². The molecule has 0 unspecified atom stereocenters. The summed E-state index contributed by atoms with van der Waals surface area (Å²) in [6, 6.07) is 12.3. The van der Waals surface area contributed by atoms with Crippen molar-refractivity contribution < 1.29 is 14.3 Å². The largest absolute Gasteiger partial charge is 0.497 e. The first-order valence-electron chi connectivity index (χ1n) is 6.68. The molecule has 110 valence electrons. The van der Waals surface area contributed by atoms with E-state index in [0.29, 0.717) is 17.3 Å². The predicted molar refractivity (Wildman–Crippen MR) is 80.9 cm³/mol. The van der Waals surface area contributed by atoms with E-state index in [1.54, 1.807) is 43.5 Å². The Bertz CT molecular complexity index is 626. The zero-order chi connectivity index (χ0) is 15.2. The number of methoxy groups -OCH3 is 1. The third-order valence-corrected chi connectivity index (χ3v) is 2.65. The topological polar surface area (TPSA) is 60.5 Å². The summed E-state index contributed by atoms with van der Waals surface area (Å²) < 4.78 is 10.4. The van der Waals surface area contributed by atoms with Gasteiger partial charge in [0, 0.05) is 12.1 Å². The number of hydrogen-bond acceptors (Lipinski definition) is 5. The van der Waals surface area contributed by atoms with Crippen LogP contribution in [0.4, 0.5) is 5.82 Å². The highest BCUT2D eigenvalue weighted by Crippen LogP contribution is 2.20. The number of rotatable bonds is 5. The van der Waals surface area contributed by atoms with E-state index in [2.05, 4.69) is 10.3 Å². The number of nitrogens with zero attached hydrogens (tertiary/aromatic N) is 1. The lowest BCUT2D eigenvalue weighted by Gasteiger charge is -2.10. The van der Waals surface area contributed by atoms with Gasteiger partial charge in [-0.2, -0.15) is 0 Å². The Kier molecular flexibility index (Phi) is 4.77. The van der Waals surface area contributed by atoms with Crippen molar-refractivity contribution in [1.82, 2.24) is 4.98 Å². The van der Waals surface area contributed by atoms with Crippen LogP contribution in [0.3, 0.4) is 0 Å². The SMILES string of the molecule is COc1cccc(OC(=O)c2cccc(NC(C)C)n2)c1. The number of nitrogens with one attached hydrogen (secondary N) is 1. The summed E-state index contributed by atoms with van der Waals surface area (Å²) in [4.78, 5) is 16.3. The van der Waals surface area contributed by atoms with Crippen molar-refractivity contribution in [2.75, 3.05) is 12.4 Å². The van der Waals surface area contributed by atoms with Gasteiger partial charge in [-0.1, -0.05) is 12.1 Å². The maximum absolute atomic E-state index is 12.1. The molecule has 0 bridgehead atoms. The Morgan fingerprint density at radius 1 is 1.14 bits per heavy atom. The third-order valence-electron chi connectivity index (χ3n) is 2.65. The van der Waals surface area contributed by atoms with Crippen LogP contribution in [-0.4, -0.2) is 24.1 Å². The van der Waals surface area contributed by atoms with E-state index in [9.17, 15) is 4.79 Å². The Morgan fingerprint density at radius 2 is 1.86 bits per heavy atom. The second-order valence-corrected chi connectivity index (χ2v) is 4.78. The average Bonchev–Trinajstić information content (AvgIpc) is 2.47. The van der Waals surface area contributed by atoms with Gasteiger partial charge in [0.15, 0.2) is 5.69 Å². The van der Waals surface area contributed by atoms with Gasteiger partial charge >= 0.3 is 5.97 Å². The molecule has 1 heterocycles. The normalized spacial score (nSPS) is 10.3. The molecule has 0 radical (unpaired) electrons. The van der Waals surface area contributed by atoms with Crippen LogP contribution >= 0.6 is 0 Å². The summed E-state index contributed by atoms with van der Waals surface area (Å²) in [6.45, 7) is 4.01. The average molecular weight is 286 g/mol. The van der Waals surface area contributed by atoms with Crippen molar-refractivity contribution in [3.05, 3.63) is 48.2 Å². The molecule has 0 spiro atoms. The second-order valence-electron chi connectivity index (χ2n) is 4.78. The highest BCUT2D eigenvalue weighted by Gasteiger charge is 2.11. The lowest BCUT2D eigenvalue weighted by molar-refractivity contribution is 0.0728. The first-order valence-corrected chi connectivity index (χ1v) is 6.68. The molecule has 2 rings (SSSR count). The van der Waals surface area contributed by atoms with Crippen LogP contribution < -0.4 is 14.8 Å². The van der Waals surface area contributed by atoms with Crippen LogP contribution in [0.2, 0.25) is 0 Å². The van der Waals surface area contributed by atoms with Gasteiger partial charge < -0.3 is 14.8 Å². The molecule has 21 heavy (non-hydrogen) atoms. The minimum Gasteiger partial charge on any atom is -0.497 e. The second kappa shape index (κ2) is 6.74. The predicted octanol–water partition coefficient (Wildman–Crippen LogP) is 3.13. The molecule has 0 aliphatic rings. The molecule has 5 heteroatoms. The fourth-order valence-electron chi connectivity index (χ4n) is 1.75. The maximum atomic E-state index is 12.1. The molecule has 0 atom stereocenters. The lowest BCUT2D eigenvalue weighted by atomic mass is 10.3. The van der Waals surface area contributed by atoms with Gasteiger partial charge in [-0.3, -0.25) is 0 Å². The molecular weight excluding hydrogens is 268 g/mol. The van der Waals surface area contributed by atoms with E-state index in [-0.39, 0.29) is 11.7 Å². The van der Waals surface area contributed by atoms with E-state index < -0.39 is 5.97 Å². The molecule has 1 aromatic carbocycles. The van der Waals surface area contributed by atoms with E-state index in [1.165, 1.54) is 0 Å². The lowest BCUT2D eigenvalue weighted by Crippen LogP contribution is -2.15. The first kappa shape index (κ1) is 14.8. The summed E-state index contributed by atoms with van der Waals surface area (Å²) in [5, 5.41) is 3.14. The number of anilines is 1. The van der Waals surface area contributed by atoms with Gasteiger partial charge in [0.1, 0.15) is 17.3 Å². The number of benzene rings is 1. The van der Waals surface area contributed by atoms with Crippen LogP contribution in [0.1, 0.15) is 24.3 Å². The van der Waals surface area contributed by atoms with E-state index in [0.717, 1.165) is 0 Å². The van der Waals surface area contributed by atoms with Crippen molar-refractivity contribution >= 4 is 11.8 Å². The van der Waals surface area contributed by atoms with E-state index in [1.807, 2.05) is 19.9 Å². The summed E-state index contributed by atoms with van der Waals surface area (Å²) in [5.74, 6) is 1.19. The van der Waals surface area contributed by atoms with Crippen molar-refractivity contribution in [2.24, 2.45) is 0 Å². The Balaban J connectivity index is 2.12. The smallest absolute Gasteiger partial charge is 0.362 e. The molecule has 0 saturated carbocycles. The first-order chi connectivity index (χ1) is 10.1. The molecule has 2 aromatic rings. The fraction of sp³-hybridized carbons (Fsp3) is 0.250. The van der Waals surface area contributed by atoms with Crippen LogP contribution in [0.25, 0.3) is 0 Å². The zero-order valence-corrected chi connectivity index (χ0v) is 12.3. The van der Waals surface area contributed by atoms with Gasteiger partial charge in [-0.05, 0) is 38.1 Å². The molecule has 0 saturated heterocycles. The van der Waals surface area contributed by atoms with Gasteiger partial charge in [0.25, 0.3) is 0 Å². The Labute approximate surface area is 123 Å². The van der Waals surface area contributed by atoms with E-state index >= 15 is 0 Å². The van der Waals surface area contributed by atoms with Crippen LogP contribution in [0.5, 0.6) is 11.5 Å². The summed E-state index contributed by atoms with van der Waals surface area (Å²) in [7, 11) is 1.56. The number of carbonyl (C=O) groups excluding carboxylic acids is 1. The highest BCUT2D eigenvalue weighted by molar-refractivity contribution is 5.89. The molecule has 0 aliphatic carbocycles. The number of pyridine rings is 1.